The second-order valence-electron chi connectivity index (χ2n) is 5.57. The summed E-state index contributed by atoms with van der Waals surface area (Å²) in [6.07, 6.45) is 2.65. The van der Waals surface area contributed by atoms with E-state index in [0.29, 0.717) is 39.3 Å². The van der Waals surface area contributed by atoms with Gasteiger partial charge in [0.15, 0.2) is 0 Å². The molecule has 0 spiro atoms. The van der Waals surface area contributed by atoms with Gasteiger partial charge in [0.05, 0.1) is 0 Å². The molecule has 0 aliphatic carbocycles. The summed E-state index contributed by atoms with van der Waals surface area (Å²) in [6, 6.07) is 5.97. The van der Waals surface area contributed by atoms with Gasteiger partial charge in [-0.1, -0.05) is 6.07 Å². The summed E-state index contributed by atoms with van der Waals surface area (Å²) in [4.78, 5) is 35.2. The highest BCUT2D eigenvalue weighted by Crippen LogP contribution is 2.14. The van der Waals surface area contributed by atoms with E-state index in [1.807, 2.05) is 28.0 Å². The number of nitrogens with zero attached hydrogens (tertiary/aromatic N) is 5. The number of rotatable bonds is 2. The molecular weight excluding hydrogens is 282 g/mol. The van der Waals surface area contributed by atoms with Crippen LogP contribution in [0.3, 0.4) is 0 Å². The summed E-state index contributed by atoms with van der Waals surface area (Å²) in [6.45, 7) is 5.53. The smallest absolute Gasteiger partial charge is 0.320 e. The molecule has 0 aromatic carbocycles. The molecule has 7 nitrogen and oxygen atoms in total. The fourth-order valence-corrected chi connectivity index (χ4v) is 2.89. The molecule has 3 rings (SSSR count). The molecule has 2 aliphatic heterocycles. The standard InChI is InChI=1S/C15H21N5O2/c21-13-17-5-7-19(8-6-17)15(22)20-11-9-18(10-12-20)14-3-1-2-4-16-14/h1-4,13H,5-12H2. The number of carbonyl (C=O) groups excluding carboxylic acids is 2. The Hall–Kier alpha value is -2.31. The van der Waals surface area contributed by atoms with Crippen LogP contribution in [0.5, 0.6) is 0 Å². The van der Waals surface area contributed by atoms with E-state index in [1.54, 1.807) is 11.1 Å². The molecule has 0 radical (unpaired) electrons. The van der Waals surface area contributed by atoms with Crippen molar-refractivity contribution in [3.63, 3.8) is 0 Å². The Balaban J connectivity index is 1.51. The zero-order chi connectivity index (χ0) is 15.4. The molecule has 22 heavy (non-hydrogen) atoms. The molecule has 0 atom stereocenters. The minimum atomic E-state index is 0.0891. The number of hydrogen-bond acceptors (Lipinski definition) is 4. The number of aromatic nitrogens is 1. The van der Waals surface area contributed by atoms with Crippen LogP contribution in [0.2, 0.25) is 0 Å². The number of anilines is 1. The van der Waals surface area contributed by atoms with Crippen molar-refractivity contribution in [3.05, 3.63) is 24.4 Å². The van der Waals surface area contributed by atoms with Gasteiger partial charge in [0, 0.05) is 58.6 Å². The number of piperazine rings is 2. The van der Waals surface area contributed by atoms with E-state index < -0.39 is 0 Å². The molecule has 1 aromatic heterocycles. The monoisotopic (exact) mass is 303 g/mol. The van der Waals surface area contributed by atoms with Gasteiger partial charge in [-0.2, -0.15) is 0 Å². The minimum absolute atomic E-state index is 0.0891. The van der Waals surface area contributed by atoms with Crippen molar-refractivity contribution >= 4 is 18.3 Å². The van der Waals surface area contributed by atoms with Crippen molar-refractivity contribution in [2.75, 3.05) is 57.3 Å². The number of hydrogen-bond donors (Lipinski definition) is 0. The summed E-state index contributed by atoms with van der Waals surface area (Å²) >= 11 is 0. The fourth-order valence-electron chi connectivity index (χ4n) is 2.89. The molecule has 2 aliphatic rings. The van der Waals surface area contributed by atoms with Gasteiger partial charge >= 0.3 is 6.03 Å². The van der Waals surface area contributed by atoms with Crippen LogP contribution in [0.1, 0.15) is 0 Å². The molecule has 2 fully saturated rings. The maximum absolute atomic E-state index is 12.5. The van der Waals surface area contributed by atoms with E-state index in [2.05, 4.69) is 9.88 Å². The maximum atomic E-state index is 12.5. The molecule has 0 saturated carbocycles. The summed E-state index contributed by atoms with van der Waals surface area (Å²) in [5.41, 5.74) is 0. The van der Waals surface area contributed by atoms with Crippen molar-refractivity contribution < 1.29 is 9.59 Å². The van der Waals surface area contributed by atoms with Gasteiger partial charge < -0.3 is 19.6 Å². The lowest BCUT2D eigenvalue weighted by Gasteiger charge is -2.40. The molecule has 0 bridgehead atoms. The Labute approximate surface area is 130 Å². The second-order valence-corrected chi connectivity index (χ2v) is 5.57. The molecule has 3 heterocycles. The summed E-state index contributed by atoms with van der Waals surface area (Å²) < 4.78 is 0. The molecule has 1 aromatic rings. The molecule has 118 valence electrons. The zero-order valence-electron chi connectivity index (χ0n) is 12.6. The SMILES string of the molecule is O=CN1CCN(C(=O)N2CCN(c3ccccn3)CC2)CC1. The van der Waals surface area contributed by atoms with Crippen LogP contribution in [-0.4, -0.2) is 84.5 Å². The number of urea groups is 1. The highest BCUT2D eigenvalue weighted by molar-refractivity contribution is 5.75. The van der Waals surface area contributed by atoms with Crippen LogP contribution in [-0.2, 0) is 4.79 Å². The van der Waals surface area contributed by atoms with Gasteiger partial charge in [-0.15, -0.1) is 0 Å². The molecule has 0 N–H and O–H groups in total. The lowest BCUT2D eigenvalue weighted by molar-refractivity contribution is -0.119. The van der Waals surface area contributed by atoms with Gasteiger partial charge in [0.2, 0.25) is 6.41 Å². The van der Waals surface area contributed by atoms with Gasteiger partial charge in [0.25, 0.3) is 0 Å². The van der Waals surface area contributed by atoms with E-state index in [9.17, 15) is 9.59 Å². The molecular formula is C15H21N5O2. The average molecular weight is 303 g/mol. The van der Waals surface area contributed by atoms with Crippen LogP contribution >= 0.6 is 0 Å². The highest BCUT2D eigenvalue weighted by Gasteiger charge is 2.27. The molecule has 2 saturated heterocycles. The maximum Gasteiger partial charge on any atom is 0.320 e. The highest BCUT2D eigenvalue weighted by atomic mass is 16.2. The normalized spacial score (nSPS) is 19.3. The summed E-state index contributed by atoms with van der Waals surface area (Å²) in [5, 5.41) is 0. The van der Waals surface area contributed by atoms with Crippen molar-refractivity contribution in [2.45, 2.75) is 0 Å². The van der Waals surface area contributed by atoms with Gasteiger partial charge in [0.1, 0.15) is 5.82 Å². The third-order valence-electron chi connectivity index (χ3n) is 4.26. The lowest BCUT2D eigenvalue weighted by Crippen LogP contribution is -2.56. The minimum Gasteiger partial charge on any atom is -0.353 e. The summed E-state index contributed by atoms with van der Waals surface area (Å²) in [7, 11) is 0. The quantitative estimate of drug-likeness (QED) is 0.727. The first-order valence-corrected chi connectivity index (χ1v) is 7.67. The van der Waals surface area contributed by atoms with E-state index in [-0.39, 0.29) is 6.03 Å². The van der Waals surface area contributed by atoms with Crippen molar-refractivity contribution in [1.82, 2.24) is 19.7 Å². The van der Waals surface area contributed by atoms with Crippen LogP contribution in [0.15, 0.2) is 24.4 Å². The zero-order valence-corrected chi connectivity index (χ0v) is 12.6. The Bertz CT molecular complexity index is 508. The van der Waals surface area contributed by atoms with E-state index in [0.717, 1.165) is 25.3 Å². The third kappa shape index (κ3) is 3.13. The largest absolute Gasteiger partial charge is 0.353 e. The predicted molar refractivity (Wildman–Crippen MR) is 82.6 cm³/mol. The predicted octanol–water partition coefficient (Wildman–Crippen LogP) is 0.0976. The first kappa shape index (κ1) is 14.6. The molecule has 3 amide bonds. The second kappa shape index (κ2) is 6.64. The Kier molecular flexibility index (Phi) is 4.41. The fraction of sp³-hybridized carbons (Fsp3) is 0.533. The molecule has 0 unspecified atom stereocenters. The Morgan fingerprint density at radius 2 is 1.59 bits per heavy atom. The average Bonchev–Trinajstić information content (AvgIpc) is 2.62. The van der Waals surface area contributed by atoms with Crippen LogP contribution in [0.25, 0.3) is 0 Å². The Morgan fingerprint density at radius 3 is 2.14 bits per heavy atom. The van der Waals surface area contributed by atoms with Crippen LogP contribution in [0, 0.1) is 0 Å². The van der Waals surface area contributed by atoms with Gasteiger partial charge in [-0.25, -0.2) is 9.78 Å². The first-order valence-electron chi connectivity index (χ1n) is 7.67. The number of carbonyl (C=O) groups is 2. The molecule has 7 heteroatoms. The Morgan fingerprint density at radius 1 is 0.955 bits per heavy atom. The van der Waals surface area contributed by atoms with Crippen LogP contribution in [0.4, 0.5) is 10.6 Å². The van der Waals surface area contributed by atoms with E-state index >= 15 is 0 Å². The number of amides is 3. The van der Waals surface area contributed by atoms with Gasteiger partial charge in [-0.05, 0) is 12.1 Å². The number of pyridine rings is 1. The van der Waals surface area contributed by atoms with Gasteiger partial charge in [-0.3, -0.25) is 4.79 Å². The van der Waals surface area contributed by atoms with Crippen molar-refractivity contribution in [2.24, 2.45) is 0 Å². The topological polar surface area (TPSA) is 60.0 Å². The van der Waals surface area contributed by atoms with E-state index in [1.165, 1.54) is 0 Å². The lowest BCUT2D eigenvalue weighted by atomic mass is 10.3. The first-order chi connectivity index (χ1) is 10.8. The van der Waals surface area contributed by atoms with Crippen molar-refractivity contribution in [1.29, 1.82) is 0 Å². The van der Waals surface area contributed by atoms with Crippen molar-refractivity contribution in [3.8, 4) is 0 Å². The third-order valence-corrected chi connectivity index (χ3v) is 4.26. The van der Waals surface area contributed by atoms with Crippen LogP contribution < -0.4 is 4.90 Å². The van der Waals surface area contributed by atoms with E-state index in [4.69, 9.17) is 0 Å². The summed E-state index contributed by atoms with van der Waals surface area (Å²) in [5.74, 6) is 0.967.